The Morgan fingerprint density at radius 2 is 2.04 bits per heavy atom. The van der Waals surface area contributed by atoms with E-state index in [2.05, 4.69) is 27.7 Å². The summed E-state index contributed by atoms with van der Waals surface area (Å²) in [6.45, 7) is 8.14. The van der Waals surface area contributed by atoms with E-state index in [1.165, 1.54) is 4.88 Å². The highest BCUT2D eigenvalue weighted by atomic mass is 32.1. The highest BCUT2D eigenvalue weighted by Gasteiger charge is 2.27. The maximum absolute atomic E-state index is 12.5. The third kappa shape index (κ3) is 4.32. The summed E-state index contributed by atoms with van der Waals surface area (Å²) in [5.41, 5.74) is 0. The Morgan fingerprint density at radius 1 is 1.30 bits per heavy atom. The van der Waals surface area contributed by atoms with Crippen LogP contribution in [0.5, 0.6) is 0 Å². The number of amides is 1. The average molecular weight is 337 g/mol. The van der Waals surface area contributed by atoms with E-state index < -0.39 is 0 Å². The Labute approximate surface area is 142 Å². The Kier molecular flexibility index (Phi) is 6.05. The summed E-state index contributed by atoms with van der Waals surface area (Å²) >= 11 is 1.79. The molecule has 0 bridgehead atoms. The molecule has 1 amide bonds. The fraction of sp³-hybridized carbons (Fsp3) is 0.706. The number of hydrogen-bond acceptors (Lipinski definition) is 5. The predicted octanol–water partition coefficient (Wildman–Crippen LogP) is 1.72. The highest BCUT2D eigenvalue weighted by Crippen LogP contribution is 2.25. The lowest BCUT2D eigenvalue weighted by atomic mass is 10.1. The van der Waals surface area contributed by atoms with E-state index in [1.54, 1.807) is 11.3 Å². The van der Waals surface area contributed by atoms with Crippen molar-refractivity contribution in [1.29, 1.82) is 0 Å². The van der Waals surface area contributed by atoms with Crippen molar-refractivity contribution in [3.8, 4) is 0 Å². The number of morpholine rings is 1. The van der Waals surface area contributed by atoms with Crippen molar-refractivity contribution in [1.82, 2.24) is 15.1 Å². The van der Waals surface area contributed by atoms with Gasteiger partial charge in [-0.1, -0.05) is 6.07 Å². The minimum absolute atomic E-state index is 0.114. The molecule has 5 nitrogen and oxygen atoms in total. The largest absolute Gasteiger partial charge is 0.379 e. The molecule has 0 radical (unpaired) electrons. The SMILES string of the molecule is C[C@H](NC[C@@H](c1cccs1)N1CCOCC1)C(=O)N1CCCC1. The van der Waals surface area contributed by atoms with Crippen molar-refractivity contribution in [3.05, 3.63) is 22.4 Å². The van der Waals surface area contributed by atoms with Crippen LogP contribution in [0, 0.1) is 0 Å². The lowest BCUT2D eigenvalue weighted by Crippen LogP contribution is -2.48. The van der Waals surface area contributed by atoms with Gasteiger partial charge in [0, 0.05) is 37.6 Å². The van der Waals surface area contributed by atoms with Crippen LogP contribution in [0.4, 0.5) is 0 Å². The fourth-order valence-electron chi connectivity index (χ4n) is 3.37. The standard InChI is InChI=1S/C17H27N3O2S/c1-14(17(21)20-6-2-3-7-20)18-13-15(16-5-4-12-23-16)19-8-10-22-11-9-19/h4-5,12,14-15,18H,2-3,6-11,13H2,1H3/t14-,15-/m0/s1. The van der Waals surface area contributed by atoms with Gasteiger partial charge in [0.15, 0.2) is 0 Å². The molecule has 1 aromatic heterocycles. The van der Waals surface area contributed by atoms with E-state index in [-0.39, 0.29) is 11.9 Å². The Morgan fingerprint density at radius 3 is 2.70 bits per heavy atom. The third-order valence-electron chi connectivity index (χ3n) is 4.76. The third-order valence-corrected chi connectivity index (χ3v) is 5.74. The monoisotopic (exact) mass is 337 g/mol. The van der Waals surface area contributed by atoms with E-state index in [4.69, 9.17) is 4.74 Å². The predicted molar refractivity (Wildman–Crippen MR) is 92.7 cm³/mol. The molecule has 0 unspecified atom stereocenters. The fourth-order valence-corrected chi connectivity index (χ4v) is 4.23. The molecule has 2 aliphatic heterocycles. The molecule has 2 saturated heterocycles. The first-order valence-corrected chi connectivity index (χ1v) is 9.51. The van der Waals surface area contributed by atoms with Crippen molar-refractivity contribution >= 4 is 17.2 Å². The highest BCUT2D eigenvalue weighted by molar-refractivity contribution is 7.10. The minimum atomic E-state index is -0.114. The van der Waals surface area contributed by atoms with E-state index >= 15 is 0 Å². The topological polar surface area (TPSA) is 44.8 Å². The van der Waals surface area contributed by atoms with Crippen molar-refractivity contribution in [2.45, 2.75) is 31.8 Å². The first kappa shape index (κ1) is 16.9. The van der Waals surface area contributed by atoms with Crippen molar-refractivity contribution in [3.63, 3.8) is 0 Å². The summed E-state index contributed by atoms with van der Waals surface area (Å²) in [4.78, 5) is 18.3. The number of carbonyl (C=O) groups excluding carboxylic acids is 1. The number of carbonyl (C=O) groups is 1. The molecular formula is C17H27N3O2S. The Hall–Kier alpha value is -0.950. The van der Waals surface area contributed by atoms with Crippen molar-refractivity contribution in [2.75, 3.05) is 45.9 Å². The van der Waals surface area contributed by atoms with Gasteiger partial charge in [-0.3, -0.25) is 9.69 Å². The molecule has 0 saturated carbocycles. The van der Waals surface area contributed by atoms with Crippen LogP contribution in [0.1, 0.15) is 30.7 Å². The first-order valence-electron chi connectivity index (χ1n) is 8.63. The zero-order valence-corrected chi connectivity index (χ0v) is 14.7. The van der Waals surface area contributed by atoms with Crippen LogP contribution in [-0.2, 0) is 9.53 Å². The van der Waals surface area contributed by atoms with Crippen LogP contribution in [0.25, 0.3) is 0 Å². The quantitative estimate of drug-likeness (QED) is 0.858. The molecule has 23 heavy (non-hydrogen) atoms. The van der Waals surface area contributed by atoms with Gasteiger partial charge in [0.1, 0.15) is 0 Å². The van der Waals surface area contributed by atoms with E-state index in [1.807, 2.05) is 11.8 Å². The van der Waals surface area contributed by atoms with Crippen LogP contribution in [0.15, 0.2) is 17.5 Å². The van der Waals surface area contributed by atoms with Crippen LogP contribution in [0.3, 0.4) is 0 Å². The second-order valence-corrected chi connectivity index (χ2v) is 7.32. The number of rotatable bonds is 6. The maximum Gasteiger partial charge on any atom is 0.239 e. The molecule has 6 heteroatoms. The molecular weight excluding hydrogens is 310 g/mol. The summed E-state index contributed by atoms with van der Waals surface area (Å²) in [7, 11) is 0. The van der Waals surface area contributed by atoms with Gasteiger partial charge in [0.25, 0.3) is 0 Å². The molecule has 1 N–H and O–H groups in total. The number of ether oxygens (including phenoxy) is 1. The molecule has 0 aliphatic carbocycles. The van der Waals surface area contributed by atoms with Gasteiger partial charge >= 0.3 is 0 Å². The number of thiophene rings is 1. The van der Waals surface area contributed by atoms with E-state index in [0.717, 1.165) is 58.8 Å². The summed E-state index contributed by atoms with van der Waals surface area (Å²) in [6, 6.07) is 4.51. The summed E-state index contributed by atoms with van der Waals surface area (Å²) in [5.74, 6) is 0.245. The van der Waals surface area contributed by atoms with Crippen LogP contribution in [0.2, 0.25) is 0 Å². The second kappa shape index (κ2) is 8.24. The Balaban J connectivity index is 1.58. The van der Waals surface area contributed by atoms with Crippen LogP contribution >= 0.6 is 11.3 Å². The normalized spacial score (nSPS) is 22.2. The van der Waals surface area contributed by atoms with Crippen molar-refractivity contribution in [2.24, 2.45) is 0 Å². The lowest BCUT2D eigenvalue weighted by Gasteiger charge is -2.35. The number of likely N-dealkylation sites (tertiary alicyclic amines) is 1. The van der Waals surface area contributed by atoms with Crippen LogP contribution < -0.4 is 5.32 Å². The molecule has 0 spiro atoms. The molecule has 2 fully saturated rings. The van der Waals surface area contributed by atoms with Gasteiger partial charge in [-0.2, -0.15) is 0 Å². The molecule has 2 atom stereocenters. The lowest BCUT2D eigenvalue weighted by molar-refractivity contribution is -0.132. The van der Waals surface area contributed by atoms with Gasteiger partial charge in [-0.25, -0.2) is 0 Å². The second-order valence-electron chi connectivity index (χ2n) is 6.34. The van der Waals surface area contributed by atoms with Gasteiger partial charge in [-0.15, -0.1) is 11.3 Å². The average Bonchev–Trinajstić information content (AvgIpc) is 3.29. The molecule has 3 heterocycles. The van der Waals surface area contributed by atoms with Crippen LogP contribution in [-0.4, -0.2) is 67.7 Å². The first-order chi connectivity index (χ1) is 11.3. The summed E-state index contributed by atoms with van der Waals surface area (Å²) < 4.78 is 5.48. The summed E-state index contributed by atoms with van der Waals surface area (Å²) in [6.07, 6.45) is 2.29. The molecule has 128 valence electrons. The molecule has 3 rings (SSSR count). The van der Waals surface area contributed by atoms with Gasteiger partial charge in [0.05, 0.1) is 25.3 Å². The molecule has 0 aromatic carbocycles. The number of nitrogens with zero attached hydrogens (tertiary/aromatic N) is 2. The Bertz CT molecular complexity index is 482. The smallest absolute Gasteiger partial charge is 0.239 e. The summed E-state index contributed by atoms with van der Waals surface area (Å²) in [5, 5.41) is 5.60. The van der Waals surface area contributed by atoms with Gasteiger partial charge in [0.2, 0.25) is 5.91 Å². The maximum atomic E-state index is 12.5. The van der Waals surface area contributed by atoms with E-state index in [9.17, 15) is 4.79 Å². The van der Waals surface area contributed by atoms with Crippen molar-refractivity contribution < 1.29 is 9.53 Å². The van der Waals surface area contributed by atoms with Gasteiger partial charge in [-0.05, 0) is 31.2 Å². The van der Waals surface area contributed by atoms with Gasteiger partial charge < -0.3 is 15.0 Å². The molecule has 2 aliphatic rings. The van der Waals surface area contributed by atoms with E-state index in [0.29, 0.717) is 6.04 Å². The minimum Gasteiger partial charge on any atom is -0.379 e. The number of nitrogens with one attached hydrogen (secondary N) is 1. The molecule has 1 aromatic rings. The zero-order valence-electron chi connectivity index (χ0n) is 13.9. The zero-order chi connectivity index (χ0) is 16.1. The number of hydrogen-bond donors (Lipinski definition) is 1.